The normalized spacial score (nSPS) is 17.5. The first-order chi connectivity index (χ1) is 13.1. The fourth-order valence-corrected chi connectivity index (χ4v) is 3.27. The zero-order chi connectivity index (χ0) is 20.8. The van der Waals surface area contributed by atoms with E-state index in [0.717, 1.165) is 32.1 Å². The van der Waals surface area contributed by atoms with Crippen molar-refractivity contribution in [3.05, 3.63) is 29.3 Å². The number of hydrogen-bond donors (Lipinski definition) is 1. The number of β-amino-alcohol motifs (C(OH)–C–C–N with tert-alkyl or cyclic N) is 1. The quantitative estimate of drug-likeness (QED) is 0.686. The molecule has 0 aromatic heterocycles. The van der Waals surface area contributed by atoms with Crippen molar-refractivity contribution in [2.24, 2.45) is 0 Å². The lowest BCUT2D eigenvalue weighted by Gasteiger charge is -2.28. The molecule has 1 N–H and O–H groups in total. The number of aliphatic hydroxyl groups is 1. The van der Waals surface area contributed by atoms with Crippen molar-refractivity contribution in [2.45, 2.75) is 58.5 Å². The second-order valence-electron chi connectivity index (χ2n) is 9.70. The second-order valence-corrected chi connectivity index (χ2v) is 9.70. The smallest absolute Gasteiger partial charge is 0.123 e. The largest absolute Gasteiger partial charge is 0.491 e. The van der Waals surface area contributed by atoms with Crippen LogP contribution in [0.2, 0.25) is 0 Å². The van der Waals surface area contributed by atoms with Gasteiger partial charge in [0.25, 0.3) is 0 Å². The average molecular weight is 394 g/mol. The molecule has 1 aromatic rings. The lowest BCUT2D eigenvalue weighted by Crippen LogP contribution is -2.42. The molecule has 1 fully saturated rings. The van der Waals surface area contributed by atoms with Crippen molar-refractivity contribution in [2.75, 3.05) is 52.7 Å². The number of aliphatic hydroxyl groups excluding tert-OH is 1. The average Bonchev–Trinajstić information content (AvgIpc) is 2.60. The Morgan fingerprint density at radius 2 is 1.71 bits per heavy atom. The second kappa shape index (κ2) is 10.1. The summed E-state index contributed by atoms with van der Waals surface area (Å²) < 4.78 is 17.0. The minimum atomic E-state index is -0.477. The summed E-state index contributed by atoms with van der Waals surface area (Å²) in [5, 5.41) is 10.1. The minimum Gasteiger partial charge on any atom is -0.491 e. The highest BCUT2D eigenvalue weighted by Gasteiger charge is 2.23. The summed E-state index contributed by atoms with van der Waals surface area (Å²) in [6.45, 7) is 18.4. The zero-order valence-corrected chi connectivity index (χ0v) is 18.6. The molecular formula is C23H39NO4. The summed E-state index contributed by atoms with van der Waals surface area (Å²) in [5.74, 6) is 0.915. The van der Waals surface area contributed by atoms with Gasteiger partial charge >= 0.3 is 0 Å². The first-order valence-electron chi connectivity index (χ1n) is 10.4. The van der Waals surface area contributed by atoms with Crippen molar-refractivity contribution < 1.29 is 19.3 Å². The molecule has 5 heteroatoms. The number of nitrogens with zero attached hydrogens (tertiary/aromatic N) is 1. The summed E-state index contributed by atoms with van der Waals surface area (Å²) in [5.41, 5.74) is 2.64. The number of ether oxygens (including phenoxy) is 3. The van der Waals surface area contributed by atoms with E-state index in [0.29, 0.717) is 26.4 Å². The highest BCUT2D eigenvalue weighted by molar-refractivity contribution is 5.43. The Morgan fingerprint density at radius 1 is 1.04 bits per heavy atom. The molecule has 160 valence electrons. The molecule has 5 nitrogen and oxygen atoms in total. The summed E-state index contributed by atoms with van der Waals surface area (Å²) in [4.78, 5) is 2.21. The Bertz CT molecular complexity index is 598. The van der Waals surface area contributed by atoms with Gasteiger partial charge in [-0.25, -0.2) is 0 Å². The van der Waals surface area contributed by atoms with E-state index in [1.807, 2.05) is 0 Å². The molecule has 1 aromatic carbocycles. The molecule has 0 bridgehead atoms. The van der Waals surface area contributed by atoms with Gasteiger partial charge in [0.15, 0.2) is 0 Å². The van der Waals surface area contributed by atoms with Crippen LogP contribution in [0.3, 0.4) is 0 Å². The Kier molecular flexibility index (Phi) is 8.31. The van der Waals surface area contributed by atoms with Crippen LogP contribution in [0.4, 0.5) is 0 Å². The Labute approximate surface area is 171 Å². The predicted molar refractivity (Wildman–Crippen MR) is 113 cm³/mol. The molecule has 1 unspecified atom stereocenters. The van der Waals surface area contributed by atoms with E-state index in [-0.39, 0.29) is 10.8 Å². The Balaban J connectivity index is 1.80. The molecule has 0 saturated carbocycles. The Hall–Kier alpha value is -1.14. The molecule has 0 spiro atoms. The van der Waals surface area contributed by atoms with Crippen LogP contribution < -0.4 is 4.74 Å². The summed E-state index contributed by atoms with van der Waals surface area (Å²) >= 11 is 0. The third kappa shape index (κ3) is 7.36. The predicted octanol–water partition coefficient (Wildman–Crippen LogP) is 3.37. The van der Waals surface area contributed by atoms with E-state index < -0.39 is 6.10 Å². The van der Waals surface area contributed by atoms with E-state index in [1.54, 1.807) is 0 Å². The standard InChI is InChI=1S/C23H39NO4/c1-22(2,3)18-7-8-21(20(15-18)23(4,5)6)28-14-13-27-17-19(25)16-24-9-11-26-12-10-24/h7-8,15,19,25H,9-14,16-17H2,1-6H3. The van der Waals surface area contributed by atoms with Gasteiger partial charge in [-0.05, 0) is 28.0 Å². The first kappa shape index (κ1) is 23.1. The molecule has 1 aliphatic rings. The first-order valence-corrected chi connectivity index (χ1v) is 10.4. The molecule has 0 radical (unpaired) electrons. The summed E-state index contributed by atoms with van der Waals surface area (Å²) in [7, 11) is 0. The fourth-order valence-electron chi connectivity index (χ4n) is 3.27. The molecular weight excluding hydrogens is 354 g/mol. The molecule has 1 atom stereocenters. The van der Waals surface area contributed by atoms with Crippen LogP contribution in [0, 0.1) is 0 Å². The lowest BCUT2D eigenvalue weighted by atomic mass is 9.80. The molecule has 0 aliphatic carbocycles. The number of morpholine rings is 1. The molecule has 1 saturated heterocycles. The lowest BCUT2D eigenvalue weighted by molar-refractivity contribution is -0.0179. The number of benzene rings is 1. The summed E-state index contributed by atoms with van der Waals surface area (Å²) in [6, 6.07) is 6.49. The third-order valence-corrected chi connectivity index (χ3v) is 5.02. The highest BCUT2D eigenvalue weighted by atomic mass is 16.5. The maximum Gasteiger partial charge on any atom is 0.123 e. The van der Waals surface area contributed by atoms with Crippen molar-refractivity contribution >= 4 is 0 Å². The van der Waals surface area contributed by atoms with Gasteiger partial charge in [0.1, 0.15) is 12.4 Å². The van der Waals surface area contributed by atoms with Crippen LogP contribution in [0.5, 0.6) is 5.75 Å². The number of rotatable bonds is 8. The monoisotopic (exact) mass is 393 g/mol. The van der Waals surface area contributed by atoms with Crippen LogP contribution in [-0.2, 0) is 20.3 Å². The van der Waals surface area contributed by atoms with Gasteiger partial charge in [0.05, 0.1) is 32.5 Å². The van der Waals surface area contributed by atoms with Crippen molar-refractivity contribution in [3.8, 4) is 5.75 Å². The van der Waals surface area contributed by atoms with Gasteiger partial charge in [-0.1, -0.05) is 53.7 Å². The van der Waals surface area contributed by atoms with Gasteiger partial charge in [-0.2, -0.15) is 0 Å². The minimum absolute atomic E-state index is 0.00576. The SMILES string of the molecule is CC(C)(C)c1ccc(OCCOCC(O)CN2CCOCC2)c(C(C)(C)C)c1. The topological polar surface area (TPSA) is 51.2 Å². The van der Waals surface area contributed by atoms with E-state index in [4.69, 9.17) is 14.2 Å². The third-order valence-electron chi connectivity index (χ3n) is 5.02. The molecule has 0 amide bonds. The van der Waals surface area contributed by atoms with E-state index in [9.17, 15) is 5.11 Å². The van der Waals surface area contributed by atoms with Crippen molar-refractivity contribution in [3.63, 3.8) is 0 Å². The molecule has 2 rings (SSSR count). The highest BCUT2D eigenvalue weighted by Crippen LogP contribution is 2.35. The maximum atomic E-state index is 10.1. The van der Waals surface area contributed by atoms with Gasteiger partial charge in [-0.15, -0.1) is 0 Å². The van der Waals surface area contributed by atoms with Gasteiger partial charge < -0.3 is 19.3 Å². The summed E-state index contributed by atoms with van der Waals surface area (Å²) in [6.07, 6.45) is -0.477. The van der Waals surface area contributed by atoms with Gasteiger partial charge in [0.2, 0.25) is 0 Å². The van der Waals surface area contributed by atoms with E-state index in [2.05, 4.69) is 64.6 Å². The van der Waals surface area contributed by atoms with E-state index >= 15 is 0 Å². The molecule has 1 heterocycles. The van der Waals surface area contributed by atoms with Crippen LogP contribution >= 0.6 is 0 Å². The number of hydrogen-bond acceptors (Lipinski definition) is 5. The fraction of sp³-hybridized carbons (Fsp3) is 0.739. The molecule has 1 aliphatic heterocycles. The van der Waals surface area contributed by atoms with Gasteiger partial charge in [0, 0.05) is 19.6 Å². The van der Waals surface area contributed by atoms with Crippen LogP contribution in [-0.4, -0.2) is 68.8 Å². The van der Waals surface area contributed by atoms with Crippen molar-refractivity contribution in [1.29, 1.82) is 0 Å². The molecule has 28 heavy (non-hydrogen) atoms. The Morgan fingerprint density at radius 3 is 2.32 bits per heavy atom. The zero-order valence-electron chi connectivity index (χ0n) is 18.6. The van der Waals surface area contributed by atoms with Crippen LogP contribution in [0.25, 0.3) is 0 Å². The maximum absolute atomic E-state index is 10.1. The van der Waals surface area contributed by atoms with Gasteiger partial charge in [-0.3, -0.25) is 4.90 Å². The van der Waals surface area contributed by atoms with E-state index in [1.165, 1.54) is 11.1 Å². The van der Waals surface area contributed by atoms with Crippen molar-refractivity contribution in [1.82, 2.24) is 4.90 Å². The van der Waals surface area contributed by atoms with Crippen LogP contribution in [0.15, 0.2) is 18.2 Å². The van der Waals surface area contributed by atoms with Crippen LogP contribution in [0.1, 0.15) is 52.7 Å².